The van der Waals surface area contributed by atoms with Gasteiger partial charge in [0.25, 0.3) is 0 Å². The zero-order valence-electron chi connectivity index (χ0n) is 10.1. The molecule has 0 amide bonds. The molecule has 17 heavy (non-hydrogen) atoms. The second-order valence-corrected chi connectivity index (χ2v) is 4.66. The molecule has 0 fully saturated rings. The number of nitrogens with zero attached hydrogens (tertiary/aromatic N) is 2. The number of hydrogen-bond acceptors (Lipinski definition) is 2. The molecule has 0 aliphatic heterocycles. The van der Waals surface area contributed by atoms with Gasteiger partial charge in [0.1, 0.15) is 5.75 Å². The van der Waals surface area contributed by atoms with Crippen LogP contribution in [0.15, 0.2) is 30.5 Å². The molecule has 0 saturated carbocycles. The van der Waals surface area contributed by atoms with Gasteiger partial charge in [0.2, 0.25) is 0 Å². The summed E-state index contributed by atoms with van der Waals surface area (Å²) < 4.78 is 7.74. The smallest absolute Gasteiger partial charge is 0.302 e. The van der Waals surface area contributed by atoms with E-state index in [4.69, 9.17) is 16.3 Å². The van der Waals surface area contributed by atoms with Crippen LogP contribution in [0.3, 0.4) is 0 Å². The second kappa shape index (κ2) is 4.80. The number of hydrogen-bond donors (Lipinski definition) is 0. The maximum atomic E-state index is 5.91. The van der Waals surface area contributed by atoms with Crippen molar-refractivity contribution in [1.82, 2.24) is 9.55 Å². The van der Waals surface area contributed by atoms with E-state index in [0.29, 0.717) is 22.8 Å². The van der Waals surface area contributed by atoms with Crippen LogP contribution >= 0.6 is 11.6 Å². The molecule has 90 valence electrons. The molecule has 0 aliphatic rings. The average molecular weight is 251 g/mol. The highest BCUT2D eigenvalue weighted by Gasteiger charge is 2.10. The van der Waals surface area contributed by atoms with E-state index in [2.05, 4.69) is 18.8 Å². The van der Waals surface area contributed by atoms with E-state index in [1.54, 1.807) is 6.07 Å². The lowest BCUT2D eigenvalue weighted by molar-refractivity contribution is 0.395. The summed E-state index contributed by atoms with van der Waals surface area (Å²) in [6.07, 6.45) is 1.98. The fourth-order valence-electron chi connectivity index (χ4n) is 1.58. The van der Waals surface area contributed by atoms with Crippen LogP contribution in [0.25, 0.3) is 0 Å². The fourth-order valence-corrected chi connectivity index (χ4v) is 1.76. The summed E-state index contributed by atoms with van der Waals surface area (Å²) >= 11 is 5.91. The van der Waals surface area contributed by atoms with Gasteiger partial charge in [-0.15, -0.1) is 0 Å². The summed E-state index contributed by atoms with van der Waals surface area (Å²) in [5.41, 5.74) is 0.940. The molecule has 0 radical (unpaired) electrons. The number of ether oxygens (including phenoxy) is 1. The van der Waals surface area contributed by atoms with Crippen molar-refractivity contribution in [3.63, 3.8) is 0 Å². The Kier molecular flexibility index (Phi) is 3.38. The Bertz CT molecular complexity index is 520. The maximum absolute atomic E-state index is 5.91. The zero-order valence-corrected chi connectivity index (χ0v) is 10.9. The number of rotatable bonds is 3. The van der Waals surface area contributed by atoms with Gasteiger partial charge in [-0.25, -0.2) is 4.98 Å². The normalized spacial score (nSPS) is 10.9. The number of halogens is 1. The number of benzene rings is 1. The summed E-state index contributed by atoms with van der Waals surface area (Å²) in [6, 6.07) is 8.21. The topological polar surface area (TPSA) is 27.1 Å². The van der Waals surface area contributed by atoms with Gasteiger partial charge in [0, 0.05) is 17.3 Å². The van der Waals surface area contributed by atoms with Crippen molar-refractivity contribution in [2.75, 3.05) is 0 Å². The highest BCUT2D eigenvalue weighted by atomic mass is 35.5. The Morgan fingerprint density at radius 2 is 2.12 bits per heavy atom. The van der Waals surface area contributed by atoms with Crippen molar-refractivity contribution in [3.8, 4) is 11.8 Å². The van der Waals surface area contributed by atoms with Gasteiger partial charge < -0.3 is 4.74 Å². The van der Waals surface area contributed by atoms with E-state index in [1.807, 2.05) is 35.9 Å². The molecule has 3 nitrogen and oxygen atoms in total. The number of aromatic nitrogens is 2. The quantitative estimate of drug-likeness (QED) is 0.816. The standard InChI is InChI=1S/C13H15ClN2O/c1-9(2)16-8-10(3)15-13(16)17-12-6-4-5-11(14)7-12/h4-9H,1-3H3. The van der Waals surface area contributed by atoms with Crippen LogP contribution in [0.1, 0.15) is 25.6 Å². The Balaban J connectivity index is 2.29. The van der Waals surface area contributed by atoms with Crippen molar-refractivity contribution in [2.45, 2.75) is 26.8 Å². The molecule has 1 heterocycles. The molecule has 0 atom stereocenters. The predicted molar refractivity (Wildman–Crippen MR) is 68.9 cm³/mol. The Morgan fingerprint density at radius 1 is 1.35 bits per heavy atom. The van der Waals surface area contributed by atoms with Crippen LogP contribution in [-0.4, -0.2) is 9.55 Å². The Labute approximate surface area is 106 Å². The summed E-state index contributed by atoms with van der Waals surface area (Å²) in [7, 11) is 0. The molecule has 0 bridgehead atoms. The van der Waals surface area contributed by atoms with Gasteiger partial charge in [-0.2, -0.15) is 0 Å². The lowest BCUT2D eigenvalue weighted by Crippen LogP contribution is -2.01. The van der Waals surface area contributed by atoms with Gasteiger partial charge in [-0.05, 0) is 39.0 Å². The van der Waals surface area contributed by atoms with Crippen LogP contribution < -0.4 is 4.74 Å². The molecule has 1 aromatic heterocycles. The first kappa shape index (κ1) is 12.0. The largest absolute Gasteiger partial charge is 0.425 e. The summed E-state index contributed by atoms with van der Waals surface area (Å²) in [4.78, 5) is 4.35. The third-order valence-electron chi connectivity index (χ3n) is 2.38. The average Bonchev–Trinajstić information content (AvgIpc) is 2.59. The molecule has 0 aliphatic carbocycles. The molecule has 2 aromatic rings. The van der Waals surface area contributed by atoms with Crippen LogP contribution in [0.5, 0.6) is 11.8 Å². The SMILES string of the molecule is Cc1cn(C(C)C)c(Oc2cccc(Cl)c2)n1. The molecular weight excluding hydrogens is 236 g/mol. The van der Waals surface area contributed by atoms with Crippen LogP contribution in [0.2, 0.25) is 5.02 Å². The molecule has 0 N–H and O–H groups in total. The molecule has 0 saturated heterocycles. The zero-order chi connectivity index (χ0) is 12.4. The predicted octanol–water partition coefficient (Wildman–Crippen LogP) is 4.22. The van der Waals surface area contributed by atoms with Gasteiger partial charge in [-0.1, -0.05) is 17.7 Å². The Morgan fingerprint density at radius 3 is 2.76 bits per heavy atom. The third-order valence-corrected chi connectivity index (χ3v) is 2.62. The lowest BCUT2D eigenvalue weighted by Gasteiger charge is -2.11. The first-order chi connectivity index (χ1) is 8.06. The van der Waals surface area contributed by atoms with E-state index in [1.165, 1.54) is 0 Å². The second-order valence-electron chi connectivity index (χ2n) is 4.23. The van der Waals surface area contributed by atoms with E-state index in [9.17, 15) is 0 Å². The summed E-state index contributed by atoms with van der Waals surface area (Å²) in [5.74, 6) is 0.699. The molecule has 4 heteroatoms. The minimum Gasteiger partial charge on any atom is -0.425 e. The maximum Gasteiger partial charge on any atom is 0.302 e. The molecule has 0 spiro atoms. The van der Waals surface area contributed by atoms with E-state index in [0.717, 1.165) is 5.69 Å². The first-order valence-electron chi connectivity index (χ1n) is 5.55. The number of imidazole rings is 1. The van der Waals surface area contributed by atoms with Gasteiger partial charge >= 0.3 is 6.01 Å². The molecule has 2 rings (SSSR count). The van der Waals surface area contributed by atoms with Gasteiger partial charge in [-0.3, -0.25) is 4.57 Å². The highest BCUT2D eigenvalue weighted by molar-refractivity contribution is 6.30. The molecule has 1 aromatic carbocycles. The summed E-state index contributed by atoms with van der Waals surface area (Å²) in [6.45, 7) is 6.13. The highest BCUT2D eigenvalue weighted by Crippen LogP contribution is 2.25. The summed E-state index contributed by atoms with van der Waals surface area (Å²) in [5, 5.41) is 0.655. The van der Waals surface area contributed by atoms with Crippen LogP contribution in [-0.2, 0) is 0 Å². The third kappa shape index (κ3) is 2.80. The van der Waals surface area contributed by atoms with Crippen molar-refractivity contribution in [2.24, 2.45) is 0 Å². The van der Waals surface area contributed by atoms with Crippen LogP contribution in [0, 0.1) is 6.92 Å². The monoisotopic (exact) mass is 250 g/mol. The van der Waals surface area contributed by atoms with Crippen molar-refractivity contribution in [1.29, 1.82) is 0 Å². The van der Waals surface area contributed by atoms with Crippen LogP contribution in [0.4, 0.5) is 0 Å². The van der Waals surface area contributed by atoms with Crippen molar-refractivity contribution < 1.29 is 4.74 Å². The minimum absolute atomic E-state index is 0.311. The van der Waals surface area contributed by atoms with Gasteiger partial charge in [0.05, 0.1) is 5.69 Å². The molecule has 0 unspecified atom stereocenters. The van der Waals surface area contributed by atoms with Crippen molar-refractivity contribution >= 4 is 11.6 Å². The van der Waals surface area contributed by atoms with Crippen molar-refractivity contribution in [3.05, 3.63) is 41.2 Å². The van der Waals surface area contributed by atoms with E-state index >= 15 is 0 Å². The Hall–Kier alpha value is -1.48. The first-order valence-corrected chi connectivity index (χ1v) is 5.93. The number of aryl methyl sites for hydroxylation is 1. The van der Waals surface area contributed by atoms with Gasteiger partial charge in [0.15, 0.2) is 0 Å². The fraction of sp³-hybridized carbons (Fsp3) is 0.308. The van der Waals surface area contributed by atoms with E-state index < -0.39 is 0 Å². The molecular formula is C13H15ClN2O. The van der Waals surface area contributed by atoms with E-state index in [-0.39, 0.29) is 0 Å². The lowest BCUT2D eigenvalue weighted by atomic mass is 10.3. The minimum atomic E-state index is 0.311.